The predicted molar refractivity (Wildman–Crippen MR) is 82.4 cm³/mol. The lowest BCUT2D eigenvalue weighted by Crippen LogP contribution is -2.51. The van der Waals surface area contributed by atoms with E-state index in [9.17, 15) is 0 Å². The van der Waals surface area contributed by atoms with Gasteiger partial charge in [-0.15, -0.1) is 0 Å². The quantitative estimate of drug-likeness (QED) is 0.474. The third-order valence-corrected chi connectivity index (χ3v) is 9.54. The Morgan fingerprint density at radius 1 is 0.765 bits per heavy atom. The molecule has 1 heteroatoms. The van der Waals surface area contributed by atoms with Crippen molar-refractivity contribution in [2.45, 2.75) is 85.5 Å². The zero-order valence-corrected chi connectivity index (χ0v) is 14.5. The molecule has 0 aromatic carbocycles. The smallest absolute Gasteiger partial charge is 0.000728 e. The van der Waals surface area contributed by atoms with Gasteiger partial charge >= 0.3 is 0 Å². The van der Waals surface area contributed by atoms with E-state index >= 15 is 0 Å². The average molecular weight is 256 g/mol. The van der Waals surface area contributed by atoms with Gasteiger partial charge in [0.2, 0.25) is 0 Å². The molecule has 0 saturated carbocycles. The average Bonchev–Trinajstić information content (AvgIpc) is 2.42. The first-order valence-corrected chi connectivity index (χ1v) is 8.64. The van der Waals surface area contributed by atoms with Crippen molar-refractivity contribution in [3.05, 3.63) is 0 Å². The summed E-state index contributed by atoms with van der Waals surface area (Å²) >= 11 is 0. The molecule has 0 aromatic heterocycles. The number of rotatable bonds is 0. The first kappa shape index (κ1) is 15.5. The molecule has 1 atom stereocenters. The first-order chi connectivity index (χ1) is 7.34. The van der Waals surface area contributed by atoms with Crippen LogP contribution in [0.2, 0.25) is 0 Å². The molecule has 1 unspecified atom stereocenters. The van der Waals surface area contributed by atoms with Crippen LogP contribution >= 0.6 is 7.92 Å². The molecule has 0 bridgehead atoms. The Balaban J connectivity index is 3.34. The lowest BCUT2D eigenvalue weighted by Gasteiger charge is -2.58. The summed E-state index contributed by atoms with van der Waals surface area (Å²) in [4.78, 5) is 0. The molecule has 102 valence electrons. The fourth-order valence-electron chi connectivity index (χ4n) is 4.41. The third-order valence-electron chi connectivity index (χ3n) is 4.67. The largest absolute Gasteiger partial charge is 0.0937 e. The van der Waals surface area contributed by atoms with Gasteiger partial charge in [0.15, 0.2) is 0 Å². The van der Waals surface area contributed by atoms with Crippen molar-refractivity contribution in [3.63, 3.8) is 0 Å². The second-order valence-electron chi connectivity index (χ2n) is 8.79. The summed E-state index contributed by atoms with van der Waals surface area (Å²) in [7, 11) is 0.0900. The van der Waals surface area contributed by atoms with Crippen LogP contribution < -0.4 is 0 Å². The summed E-state index contributed by atoms with van der Waals surface area (Å²) in [6, 6.07) is 0. The summed E-state index contributed by atoms with van der Waals surface area (Å²) in [5.41, 5.74) is 0.835. The molecule has 0 radical (unpaired) electrons. The van der Waals surface area contributed by atoms with Crippen LogP contribution in [0.25, 0.3) is 0 Å². The van der Waals surface area contributed by atoms with Crippen LogP contribution in [0, 0.1) is 10.8 Å². The molecular formula is C16H33P. The van der Waals surface area contributed by atoms with Gasteiger partial charge in [-0.1, -0.05) is 70.2 Å². The molecule has 0 amide bonds. The standard InChI is InChI=1S/C16H33P/c1-13(2,3)16(14(4,5)6)11-10-12-17(16)15(7,8)9/h10-12H2,1-9H3. The van der Waals surface area contributed by atoms with E-state index < -0.39 is 0 Å². The Kier molecular flexibility index (Phi) is 3.85. The highest BCUT2D eigenvalue weighted by Gasteiger charge is 2.59. The molecule has 0 aliphatic carbocycles. The maximum absolute atomic E-state index is 2.48. The van der Waals surface area contributed by atoms with E-state index in [1.807, 2.05) is 0 Å². The van der Waals surface area contributed by atoms with Crippen LogP contribution in [0.3, 0.4) is 0 Å². The van der Waals surface area contributed by atoms with Crippen LogP contribution in [0.1, 0.15) is 75.2 Å². The highest BCUT2D eigenvalue weighted by atomic mass is 31.1. The van der Waals surface area contributed by atoms with Crippen molar-refractivity contribution >= 4 is 7.92 Å². The molecule has 0 aromatic rings. The van der Waals surface area contributed by atoms with E-state index in [1.54, 1.807) is 0 Å². The summed E-state index contributed by atoms with van der Waals surface area (Å²) in [6.07, 6.45) is 4.36. The normalized spacial score (nSPS) is 26.3. The van der Waals surface area contributed by atoms with Gasteiger partial charge in [-0.25, -0.2) is 0 Å². The van der Waals surface area contributed by atoms with Crippen LogP contribution in [-0.2, 0) is 0 Å². The molecular weight excluding hydrogens is 223 g/mol. The molecule has 1 saturated heterocycles. The molecule has 1 heterocycles. The van der Waals surface area contributed by atoms with Gasteiger partial charge in [0.1, 0.15) is 0 Å². The molecule has 0 nitrogen and oxygen atoms in total. The second kappa shape index (κ2) is 4.22. The van der Waals surface area contributed by atoms with Gasteiger partial charge in [0, 0.05) is 5.16 Å². The van der Waals surface area contributed by atoms with Crippen molar-refractivity contribution in [2.75, 3.05) is 6.16 Å². The number of hydrogen-bond acceptors (Lipinski definition) is 0. The maximum atomic E-state index is 2.48. The van der Waals surface area contributed by atoms with Crippen molar-refractivity contribution < 1.29 is 0 Å². The summed E-state index contributed by atoms with van der Waals surface area (Å²) in [6.45, 7) is 22.3. The molecule has 1 rings (SSSR count). The fraction of sp³-hybridized carbons (Fsp3) is 1.00. The Hall–Kier alpha value is 0.430. The van der Waals surface area contributed by atoms with Crippen LogP contribution in [0.5, 0.6) is 0 Å². The van der Waals surface area contributed by atoms with E-state index in [0.717, 1.165) is 0 Å². The van der Waals surface area contributed by atoms with Gasteiger partial charge in [-0.3, -0.25) is 0 Å². The zero-order valence-electron chi connectivity index (χ0n) is 13.6. The molecule has 0 spiro atoms. The zero-order chi connectivity index (χ0) is 13.7. The highest BCUT2D eigenvalue weighted by Crippen LogP contribution is 2.75. The minimum atomic E-state index is 0.0900. The first-order valence-electron chi connectivity index (χ1n) is 7.12. The Morgan fingerprint density at radius 2 is 1.18 bits per heavy atom. The van der Waals surface area contributed by atoms with Gasteiger partial charge in [-0.05, 0) is 35.0 Å². The van der Waals surface area contributed by atoms with Crippen LogP contribution in [-0.4, -0.2) is 16.5 Å². The molecule has 0 N–H and O–H groups in total. The van der Waals surface area contributed by atoms with E-state index in [4.69, 9.17) is 0 Å². The molecule has 1 fully saturated rings. The summed E-state index contributed by atoms with van der Waals surface area (Å²) in [5.74, 6) is 0. The summed E-state index contributed by atoms with van der Waals surface area (Å²) in [5, 5.41) is 1.03. The molecule has 17 heavy (non-hydrogen) atoms. The van der Waals surface area contributed by atoms with E-state index in [1.165, 1.54) is 19.0 Å². The van der Waals surface area contributed by atoms with Gasteiger partial charge in [0.25, 0.3) is 0 Å². The van der Waals surface area contributed by atoms with Crippen molar-refractivity contribution in [1.82, 2.24) is 0 Å². The summed E-state index contributed by atoms with van der Waals surface area (Å²) < 4.78 is 0. The number of hydrogen-bond donors (Lipinski definition) is 0. The monoisotopic (exact) mass is 256 g/mol. The molecule has 1 aliphatic rings. The van der Waals surface area contributed by atoms with E-state index in [2.05, 4.69) is 62.3 Å². The van der Waals surface area contributed by atoms with Crippen LogP contribution in [0.15, 0.2) is 0 Å². The fourth-order valence-corrected chi connectivity index (χ4v) is 9.13. The Labute approximate surface area is 111 Å². The van der Waals surface area contributed by atoms with E-state index in [0.29, 0.717) is 21.1 Å². The minimum absolute atomic E-state index is 0.0900. The Morgan fingerprint density at radius 3 is 1.41 bits per heavy atom. The van der Waals surface area contributed by atoms with Gasteiger partial charge < -0.3 is 0 Å². The van der Waals surface area contributed by atoms with Crippen LogP contribution in [0.4, 0.5) is 0 Å². The second-order valence-corrected chi connectivity index (χ2v) is 12.2. The van der Waals surface area contributed by atoms with Crippen molar-refractivity contribution in [3.8, 4) is 0 Å². The minimum Gasteiger partial charge on any atom is -0.0937 e. The van der Waals surface area contributed by atoms with E-state index in [-0.39, 0.29) is 7.92 Å². The van der Waals surface area contributed by atoms with Gasteiger partial charge in [-0.2, -0.15) is 0 Å². The highest BCUT2D eigenvalue weighted by molar-refractivity contribution is 7.61. The molecule has 1 aliphatic heterocycles. The lowest BCUT2D eigenvalue weighted by molar-refractivity contribution is 0.131. The third kappa shape index (κ3) is 2.44. The lowest BCUT2D eigenvalue weighted by atomic mass is 9.64. The maximum Gasteiger partial charge on any atom is 0.000728 e. The SMILES string of the molecule is CC(C)(C)P1CCCC1(C(C)(C)C)C(C)(C)C. The topological polar surface area (TPSA) is 0 Å². The Bertz CT molecular complexity index is 255. The van der Waals surface area contributed by atoms with Crippen molar-refractivity contribution in [1.29, 1.82) is 0 Å². The van der Waals surface area contributed by atoms with Crippen molar-refractivity contribution in [2.24, 2.45) is 10.8 Å². The predicted octanol–water partition coefficient (Wildman–Crippen LogP) is 5.89. The van der Waals surface area contributed by atoms with Gasteiger partial charge in [0.05, 0.1) is 0 Å².